The van der Waals surface area contributed by atoms with Crippen molar-refractivity contribution in [1.29, 1.82) is 0 Å². The lowest BCUT2D eigenvalue weighted by molar-refractivity contribution is 0.396. The van der Waals surface area contributed by atoms with E-state index in [2.05, 4.69) is 20.2 Å². The molecule has 0 aliphatic rings. The fourth-order valence-corrected chi connectivity index (χ4v) is 2.31. The zero-order valence-electron chi connectivity index (χ0n) is 10.1. The lowest BCUT2D eigenvalue weighted by atomic mass is 10.2. The fourth-order valence-electron chi connectivity index (χ4n) is 1.66. The molecule has 3 rings (SSSR count). The molecule has 0 aromatic carbocycles. The van der Waals surface area contributed by atoms with Gasteiger partial charge in [0.25, 0.3) is 0 Å². The Morgan fingerprint density at radius 2 is 1.95 bits per heavy atom. The SMILES string of the molecule is COc1nc(-c2cccs2)nnc1-c1ccncc1. The first-order chi connectivity index (χ1) is 9.38. The number of pyridine rings is 1. The van der Waals surface area contributed by atoms with Gasteiger partial charge in [0.1, 0.15) is 0 Å². The van der Waals surface area contributed by atoms with Crippen molar-refractivity contribution in [3.05, 3.63) is 42.0 Å². The van der Waals surface area contributed by atoms with Gasteiger partial charge >= 0.3 is 0 Å². The summed E-state index contributed by atoms with van der Waals surface area (Å²) in [4.78, 5) is 9.35. The first-order valence-corrected chi connectivity index (χ1v) is 6.49. The Hall–Kier alpha value is -2.34. The van der Waals surface area contributed by atoms with E-state index in [1.165, 1.54) is 0 Å². The third kappa shape index (κ3) is 2.30. The standard InChI is InChI=1S/C13H10N4OS/c1-18-13-11(9-4-6-14-7-5-9)16-17-12(15-13)10-3-2-8-19-10/h2-8H,1H3. The van der Waals surface area contributed by atoms with Gasteiger partial charge < -0.3 is 4.74 Å². The van der Waals surface area contributed by atoms with Crippen LogP contribution in [0.3, 0.4) is 0 Å². The Kier molecular flexibility index (Phi) is 3.16. The van der Waals surface area contributed by atoms with Crippen LogP contribution in [0.5, 0.6) is 5.88 Å². The van der Waals surface area contributed by atoms with Crippen LogP contribution in [0.2, 0.25) is 0 Å². The van der Waals surface area contributed by atoms with E-state index in [4.69, 9.17) is 4.74 Å². The first-order valence-electron chi connectivity index (χ1n) is 5.61. The maximum absolute atomic E-state index is 5.31. The van der Waals surface area contributed by atoms with Gasteiger partial charge in [0, 0.05) is 18.0 Å². The molecule has 0 saturated heterocycles. The highest BCUT2D eigenvalue weighted by Crippen LogP contribution is 2.28. The molecule has 3 aromatic rings. The molecule has 0 spiro atoms. The number of ether oxygens (including phenoxy) is 1. The summed E-state index contributed by atoms with van der Waals surface area (Å²) in [6.45, 7) is 0. The van der Waals surface area contributed by atoms with E-state index in [9.17, 15) is 0 Å². The van der Waals surface area contributed by atoms with E-state index in [0.29, 0.717) is 17.4 Å². The lowest BCUT2D eigenvalue weighted by Gasteiger charge is -2.06. The lowest BCUT2D eigenvalue weighted by Crippen LogP contribution is -1.99. The van der Waals surface area contributed by atoms with Crippen molar-refractivity contribution >= 4 is 11.3 Å². The molecule has 3 aromatic heterocycles. The average Bonchev–Trinajstić information content (AvgIpc) is 3.02. The van der Waals surface area contributed by atoms with E-state index >= 15 is 0 Å². The number of methoxy groups -OCH3 is 1. The molecule has 0 fully saturated rings. The van der Waals surface area contributed by atoms with Crippen LogP contribution in [-0.2, 0) is 0 Å². The molecular weight excluding hydrogens is 260 g/mol. The zero-order chi connectivity index (χ0) is 13.1. The van der Waals surface area contributed by atoms with Gasteiger partial charge in [-0.05, 0) is 23.6 Å². The maximum Gasteiger partial charge on any atom is 0.244 e. The minimum atomic E-state index is 0.463. The van der Waals surface area contributed by atoms with Gasteiger partial charge in [-0.1, -0.05) is 6.07 Å². The molecule has 94 valence electrons. The van der Waals surface area contributed by atoms with Gasteiger partial charge in [0.05, 0.1) is 12.0 Å². The third-order valence-electron chi connectivity index (χ3n) is 2.54. The molecule has 0 atom stereocenters. The number of thiophene rings is 1. The Morgan fingerprint density at radius 1 is 1.11 bits per heavy atom. The first kappa shape index (κ1) is 11.7. The van der Waals surface area contributed by atoms with Gasteiger partial charge in [0.2, 0.25) is 5.88 Å². The monoisotopic (exact) mass is 270 g/mol. The second-order valence-corrected chi connectivity index (χ2v) is 4.65. The molecule has 0 amide bonds. The number of nitrogens with zero attached hydrogens (tertiary/aromatic N) is 4. The number of aromatic nitrogens is 4. The van der Waals surface area contributed by atoms with Crippen LogP contribution in [0.1, 0.15) is 0 Å². The maximum atomic E-state index is 5.31. The second-order valence-electron chi connectivity index (χ2n) is 3.71. The zero-order valence-corrected chi connectivity index (χ0v) is 11.0. The average molecular weight is 270 g/mol. The van der Waals surface area contributed by atoms with Crippen LogP contribution >= 0.6 is 11.3 Å². The Balaban J connectivity index is 2.08. The molecule has 6 heteroatoms. The summed E-state index contributed by atoms with van der Waals surface area (Å²) in [5.74, 6) is 1.04. The third-order valence-corrected chi connectivity index (χ3v) is 3.41. The molecule has 0 radical (unpaired) electrons. The highest BCUT2D eigenvalue weighted by molar-refractivity contribution is 7.13. The second kappa shape index (κ2) is 5.11. The van der Waals surface area contributed by atoms with Gasteiger partial charge in [-0.3, -0.25) is 4.98 Å². The minimum absolute atomic E-state index is 0.463. The summed E-state index contributed by atoms with van der Waals surface area (Å²) >= 11 is 1.57. The molecule has 0 saturated carbocycles. The van der Waals surface area contributed by atoms with Crippen molar-refractivity contribution < 1.29 is 4.74 Å². The van der Waals surface area contributed by atoms with Gasteiger partial charge in [-0.2, -0.15) is 4.98 Å². The van der Waals surface area contributed by atoms with Crippen LogP contribution < -0.4 is 4.74 Å². The molecule has 5 nitrogen and oxygen atoms in total. The summed E-state index contributed by atoms with van der Waals surface area (Å²) in [7, 11) is 1.58. The van der Waals surface area contributed by atoms with Crippen LogP contribution in [0.25, 0.3) is 22.0 Å². The molecular formula is C13H10N4OS. The van der Waals surface area contributed by atoms with Crippen molar-refractivity contribution in [2.45, 2.75) is 0 Å². The minimum Gasteiger partial charge on any atom is -0.479 e. The Labute approximate surface area is 114 Å². The number of rotatable bonds is 3. The van der Waals surface area contributed by atoms with Gasteiger partial charge in [-0.25, -0.2) is 0 Å². The van der Waals surface area contributed by atoms with Crippen molar-refractivity contribution in [1.82, 2.24) is 20.2 Å². The molecule has 0 bridgehead atoms. The van der Waals surface area contributed by atoms with E-state index in [1.807, 2.05) is 29.6 Å². The fraction of sp³-hybridized carbons (Fsp3) is 0.0769. The molecule has 0 N–H and O–H groups in total. The largest absolute Gasteiger partial charge is 0.479 e. The van der Waals surface area contributed by atoms with E-state index in [-0.39, 0.29) is 0 Å². The quantitative estimate of drug-likeness (QED) is 0.732. The Morgan fingerprint density at radius 3 is 2.63 bits per heavy atom. The summed E-state index contributed by atoms with van der Waals surface area (Å²) in [5, 5.41) is 10.3. The molecule has 3 heterocycles. The molecule has 0 unspecified atom stereocenters. The molecule has 0 aliphatic heterocycles. The smallest absolute Gasteiger partial charge is 0.244 e. The van der Waals surface area contributed by atoms with Crippen molar-refractivity contribution in [2.75, 3.05) is 7.11 Å². The van der Waals surface area contributed by atoms with E-state index in [0.717, 1.165) is 10.4 Å². The highest BCUT2D eigenvalue weighted by Gasteiger charge is 2.13. The molecule has 0 aliphatic carbocycles. The van der Waals surface area contributed by atoms with Gasteiger partial charge in [-0.15, -0.1) is 21.5 Å². The van der Waals surface area contributed by atoms with Gasteiger partial charge in [0.15, 0.2) is 11.5 Å². The van der Waals surface area contributed by atoms with Crippen LogP contribution in [0.15, 0.2) is 42.0 Å². The summed E-state index contributed by atoms with van der Waals surface area (Å²) in [6, 6.07) is 7.60. The number of hydrogen-bond donors (Lipinski definition) is 0. The van der Waals surface area contributed by atoms with E-state index < -0.39 is 0 Å². The highest BCUT2D eigenvalue weighted by atomic mass is 32.1. The van der Waals surface area contributed by atoms with Crippen LogP contribution in [-0.4, -0.2) is 27.3 Å². The summed E-state index contributed by atoms with van der Waals surface area (Å²) in [6.07, 6.45) is 3.40. The normalized spacial score (nSPS) is 10.4. The summed E-state index contributed by atoms with van der Waals surface area (Å²) in [5.41, 5.74) is 1.50. The molecule has 19 heavy (non-hydrogen) atoms. The number of hydrogen-bond acceptors (Lipinski definition) is 6. The van der Waals surface area contributed by atoms with Crippen LogP contribution in [0.4, 0.5) is 0 Å². The predicted octanol–water partition coefficient (Wildman–Crippen LogP) is 2.67. The topological polar surface area (TPSA) is 60.8 Å². The Bertz CT molecular complexity index is 670. The summed E-state index contributed by atoms with van der Waals surface area (Å²) < 4.78 is 5.31. The van der Waals surface area contributed by atoms with Crippen molar-refractivity contribution in [3.8, 4) is 27.8 Å². The van der Waals surface area contributed by atoms with Crippen molar-refractivity contribution in [2.24, 2.45) is 0 Å². The van der Waals surface area contributed by atoms with Crippen LogP contribution in [0, 0.1) is 0 Å². The van der Waals surface area contributed by atoms with E-state index in [1.54, 1.807) is 30.8 Å². The predicted molar refractivity (Wildman–Crippen MR) is 72.9 cm³/mol. The van der Waals surface area contributed by atoms with Crippen molar-refractivity contribution in [3.63, 3.8) is 0 Å².